The molecule has 5 nitrogen and oxygen atoms in total. The zero-order valence-corrected chi connectivity index (χ0v) is 18.0. The zero-order chi connectivity index (χ0) is 19.4. The van der Waals surface area contributed by atoms with Gasteiger partial charge < -0.3 is 4.74 Å². The summed E-state index contributed by atoms with van der Waals surface area (Å²) in [4.78, 5) is 2.57. The minimum Gasteiger partial charge on any atom is -0.379 e. The third-order valence-corrected chi connectivity index (χ3v) is 7.13. The molecule has 0 radical (unpaired) electrons. The number of aryl methyl sites for hydroxylation is 2. The van der Waals surface area contributed by atoms with Crippen LogP contribution in [0.4, 0.5) is 0 Å². The maximum atomic E-state index is 12.8. The van der Waals surface area contributed by atoms with Crippen molar-refractivity contribution < 1.29 is 13.2 Å². The zero-order valence-electron chi connectivity index (χ0n) is 15.6. The van der Waals surface area contributed by atoms with Gasteiger partial charge in [0, 0.05) is 30.1 Å². The Morgan fingerprint density at radius 1 is 1.15 bits per heavy atom. The molecule has 0 amide bonds. The van der Waals surface area contributed by atoms with E-state index in [1.807, 2.05) is 13.0 Å². The van der Waals surface area contributed by atoms with E-state index in [-0.39, 0.29) is 10.9 Å². The van der Waals surface area contributed by atoms with Crippen molar-refractivity contribution in [2.24, 2.45) is 0 Å². The van der Waals surface area contributed by atoms with Gasteiger partial charge in [-0.3, -0.25) is 4.90 Å². The molecule has 1 aliphatic rings. The molecule has 0 bridgehead atoms. The van der Waals surface area contributed by atoms with Crippen LogP contribution in [0, 0.1) is 13.8 Å². The number of nitrogens with one attached hydrogen (secondary N) is 1. The number of sulfonamides is 1. The van der Waals surface area contributed by atoms with Crippen molar-refractivity contribution >= 4 is 26.0 Å². The summed E-state index contributed by atoms with van der Waals surface area (Å²) < 4.78 is 34.8. The third-order valence-electron chi connectivity index (χ3n) is 4.82. The second-order valence-corrected chi connectivity index (χ2v) is 9.46. The minimum atomic E-state index is -3.58. The molecule has 1 heterocycles. The molecule has 146 valence electrons. The van der Waals surface area contributed by atoms with Crippen LogP contribution in [-0.4, -0.2) is 46.2 Å². The minimum absolute atomic E-state index is 0.0277. The summed E-state index contributed by atoms with van der Waals surface area (Å²) in [6, 6.07) is 13.3. The summed E-state index contributed by atoms with van der Waals surface area (Å²) in [6.07, 6.45) is 0. The summed E-state index contributed by atoms with van der Waals surface area (Å²) in [5.74, 6) is 0. The lowest BCUT2D eigenvalue weighted by Crippen LogP contribution is -2.43. The van der Waals surface area contributed by atoms with E-state index in [0.717, 1.165) is 34.3 Å². The van der Waals surface area contributed by atoms with Gasteiger partial charge in [0.25, 0.3) is 0 Å². The van der Waals surface area contributed by atoms with E-state index in [9.17, 15) is 8.42 Å². The standard InChI is InChI=1S/C20H25BrN2O3S/c1-15-4-3-5-17(12-15)20(23-8-10-26-11-9-23)14-22-27(24,25)18-6-7-19(21)16(2)13-18/h3-7,12-13,20,22H,8-11,14H2,1-2H3/t20-/m1/s1. The summed E-state index contributed by atoms with van der Waals surface area (Å²) in [5, 5.41) is 0. The van der Waals surface area contributed by atoms with Gasteiger partial charge in [-0.25, -0.2) is 13.1 Å². The average molecular weight is 453 g/mol. The number of benzene rings is 2. The fourth-order valence-electron chi connectivity index (χ4n) is 3.28. The normalized spacial score (nSPS) is 17.0. The van der Waals surface area contributed by atoms with Gasteiger partial charge in [0.1, 0.15) is 0 Å². The number of morpholine rings is 1. The van der Waals surface area contributed by atoms with Crippen molar-refractivity contribution in [3.8, 4) is 0 Å². The van der Waals surface area contributed by atoms with E-state index in [1.165, 1.54) is 0 Å². The third kappa shape index (κ3) is 5.18. The number of hydrogen-bond donors (Lipinski definition) is 1. The lowest BCUT2D eigenvalue weighted by molar-refractivity contribution is 0.0172. The number of rotatable bonds is 6. The van der Waals surface area contributed by atoms with Crippen LogP contribution in [0.1, 0.15) is 22.7 Å². The molecular weight excluding hydrogens is 428 g/mol. The van der Waals surface area contributed by atoms with Crippen LogP contribution in [0.2, 0.25) is 0 Å². The second-order valence-electron chi connectivity index (χ2n) is 6.84. The molecule has 1 saturated heterocycles. The van der Waals surface area contributed by atoms with Gasteiger partial charge in [-0.2, -0.15) is 0 Å². The topological polar surface area (TPSA) is 58.6 Å². The molecule has 1 atom stereocenters. The van der Waals surface area contributed by atoms with Crippen molar-refractivity contribution in [2.45, 2.75) is 24.8 Å². The smallest absolute Gasteiger partial charge is 0.240 e. The number of ether oxygens (including phenoxy) is 1. The van der Waals surface area contributed by atoms with Crippen LogP contribution < -0.4 is 4.72 Å². The van der Waals surface area contributed by atoms with Crippen LogP contribution in [0.3, 0.4) is 0 Å². The molecule has 2 aromatic carbocycles. The highest BCUT2D eigenvalue weighted by Gasteiger charge is 2.25. The van der Waals surface area contributed by atoms with Crippen molar-refractivity contribution in [2.75, 3.05) is 32.8 Å². The quantitative estimate of drug-likeness (QED) is 0.729. The van der Waals surface area contributed by atoms with Crippen molar-refractivity contribution in [1.82, 2.24) is 9.62 Å². The Morgan fingerprint density at radius 3 is 2.56 bits per heavy atom. The Kier molecular flexibility index (Phi) is 6.70. The summed E-state index contributed by atoms with van der Waals surface area (Å²) in [5.41, 5.74) is 3.17. The first-order valence-electron chi connectivity index (χ1n) is 9.01. The van der Waals surface area contributed by atoms with Gasteiger partial charge in [0.2, 0.25) is 10.0 Å². The van der Waals surface area contributed by atoms with Gasteiger partial charge >= 0.3 is 0 Å². The molecule has 0 saturated carbocycles. The molecule has 27 heavy (non-hydrogen) atoms. The Labute approximate surface area is 169 Å². The first kappa shape index (κ1) is 20.5. The van der Waals surface area contributed by atoms with Crippen LogP contribution in [-0.2, 0) is 14.8 Å². The molecular formula is C20H25BrN2O3S. The Hall–Kier alpha value is -1.25. The van der Waals surface area contributed by atoms with Crippen LogP contribution >= 0.6 is 15.9 Å². The van der Waals surface area contributed by atoms with E-state index in [0.29, 0.717) is 19.8 Å². The Morgan fingerprint density at radius 2 is 1.89 bits per heavy atom. The highest BCUT2D eigenvalue weighted by atomic mass is 79.9. The predicted octanol–water partition coefficient (Wildman–Crippen LogP) is 3.42. The van der Waals surface area contributed by atoms with Crippen molar-refractivity contribution in [1.29, 1.82) is 0 Å². The predicted molar refractivity (Wildman–Crippen MR) is 110 cm³/mol. The summed E-state index contributed by atoms with van der Waals surface area (Å²) in [6.45, 7) is 7.17. The van der Waals surface area contributed by atoms with Crippen LogP contribution in [0.25, 0.3) is 0 Å². The number of halogens is 1. The lowest BCUT2D eigenvalue weighted by Gasteiger charge is -2.35. The molecule has 0 spiro atoms. The maximum absolute atomic E-state index is 12.8. The van der Waals surface area contributed by atoms with E-state index >= 15 is 0 Å². The summed E-state index contributed by atoms with van der Waals surface area (Å²) in [7, 11) is -3.58. The van der Waals surface area contributed by atoms with Crippen molar-refractivity contribution in [3.05, 3.63) is 63.6 Å². The Bertz CT molecular complexity index is 896. The van der Waals surface area contributed by atoms with E-state index in [2.05, 4.69) is 50.7 Å². The van der Waals surface area contributed by atoms with Gasteiger partial charge in [0.15, 0.2) is 0 Å². The van der Waals surface area contributed by atoms with Crippen LogP contribution in [0.5, 0.6) is 0 Å². The van der Waals surface area contributed by atoms with Gasteiger partial charge in [0.05, 0.1) is 18.1 Å². The molecule has 0 aromatic heterocycles. The molecule has 1 fully saturated rings. The summed E-state index contributed by atoms with van der Waals surface area (Å²) >= 11 is 3.41. The van der Waals surface area contributed by atoms with E-state index in [1.54, 1.807) is 18.2 Å². The maximum Gasteiger partial charge on any atom is 0.240 e. The van der Waals surface area contributed by atoms with Crippen molar-refractivity contribution in [3.63, 3.8) is 0 Å². The molecule has 0 aliphatic carbocycles. The monoisotopic (exact) mass is 452 g/mol. The molecule has 7 heteroatoms. The SMILES string of the molecule is Cc1cccc([C@@H](CNS(=O)(=O)c2ccc(Br)c(C)c2)N2CCOCC2)c1. The average Bonchev–Trinajstić information content (AvgIpc) is 2.65. The molecule has 3 rings (SSSR count). The fraction of sp³-hybridized carbons (Fsp3) is 0.400. The highest BCUT2D eigenvalue weighted by molar-refractivity contribution is 9.10. The second kappa shape index (κ2) is 8.84. The number of hydrogen-bond acceptors (Lipinski definition) is 4. The Balaban J connectivity index is 1.82. The van der Waals surface area contributed by atoms with E-state index in [4.69, 9.17) is 4.74 Å². The molecule has 2 aromatic rings. The highest BCUT2D eigenvalue weighted by Crippen LogP contribution is 2.24. The van der Waals surface area contributed by atoms with Gasteiger partial charge in [-0.1, -0.05) is 45.8 Å². The van der Waals surface area contributed by atoms with Gasteiger partial charge in [-0.15, -0.1) is 0 Å². The molecule has 0 unspecified atom stereocenters. The van der Waals surface area contributed by atoms with Gasteiger partial charge in [-0.05, 0) is 43.2 Å². The lowest BCUT2D eigenvalue weighted by atomic mass is 10.0. The number of nitrogens with zero attached hydrogens (tertiary/aromatic N) is 1. The largest absolute Gasteiger partial charge is 0.379 e. The molecule has 1 aliphatic heterocycles. The van der Waals surface area contributed by atoms with E-state index < -0.39 is 10.0 Å². The van der Waals surface area contributed by atoms with Crippen LogP contribution in [0.15, 0.2) is 51.8 Å². The first-order chi connectivity index (χ1) is 12.9. The molecule has 1 N–H and O–H groups in total. The fourth-order valence-corrected chi connectivity index (χ4v) is 4.65. The first-order valence-corrected chi connectivity index (χ1v) is 11.3.